The van der Waals surface area contributed by atoms with Crippen molar-refractivity contribution < 1.29 is 9.26 Å². The van der Waals surface area contributed by atoms with E-state index in [1.807, 2.05) is 49.4 Å². The van der Waals surface area contributed by atoms with Gasteiger partial charge in [0.25, 0.3) is 0 Å². The molecule has 26 heavy (non-hydrogen) atoms. The van der Waals surface area contributed by atoms with Crippen LogP contribution in [0.4, 0.5) is 0 Å². The number of hydrogen-bond acceptors (Lipinski definition) is 6. The van der Waals surface area contributed by atoms with Gasteiger partial charge in [0.2, 0.25) is 11.7 Å². The van der Waals surface area contributed by atoms with Crippen molar-refractivity contribution >= 4 is 22.9 Å². The van der Waals surface area contributed by atoms with Crippen molar-refractivity contribution in [3.05, 3.63) is 64.2 Å². The Morgan fingerprint density at radius 2 is 2.04 bits per heavy atom. The van der Waals surface area contributed by atoms with E-state index in [0.717, 1.165) is 28.7 Å². The van der Waals surface area contributed by atoms with Crippen LogP contribution in [0, 0.1) is 0 Å². The van der Waals surface area contributed by atoms with Gasteiger partial charge in [0.15, 0.2) is 0 Å². The van der Waals surface area contributed by atoms with Crippen LogP contribution in [0.3, 0.4) is 0 Å². The molecule has 0 saturated heterocycles. The third-order valence-corrected chi connectivity index (χ3v) is 4.86. The van der Waals surface area contributed by atoms with Crippen molar-refractivity contribution in [3.8, 4) is 17.1 Å². The van der Waals surface area contributed by atoms with Gasteiger partial charge in [-0.3, -0.25) is 4.90 Å². The molecule has 0 amide bonds. The van der Waals surface area contributed by atoms with Crippen molar-refractivity contribution in [3.63, 3.8) is 0 Å². The van der Waals surface area contributed by atoms with Gasteiger partial charge in [0.05, 0.1) is 17.5 Å². The fourth-order valence-corrected chi connectivity index (χ4v) is 3.65. The van der Waals surface area contributed by atoms with Crippen LogP contribution in [0.25, 0.3) is 11.4 Å². The van der Waals surface area contributed by atoms with Crippen molar-refractivity contribution in [2.75, 3.05) is 13.2 Å². The van der Waals surface area contributed by atoms with Crippen LogP contribution in [0.15, 0.2) is 53.6 Å². The van der Waals surface area contributed by atoms with E-state index in [1.165, 1.54) is 4.88 Å². The summed E-state index contributed by atoms with van der Waals surface area (Å²) in [6, 6.07) is 11.6. The normalized spacial score (nSPS) is 11.0. The Bertz CT molecular complexity index is 845. The maximum Gasteiger partial charge on any atom is 0.241 e. The van der Waals surface area contributed by atoms with Gasteiger partial charge in [0.1, 0.15) is 5.75 Å². The molecule has 0 saturated carbocycles. The molecular weight excluding hydrogens is 370 g/mol. The lowest BCUT2D eigenvalue weighted by Crippen LogP contribution is -2.22. The van der Waals surface area contributed by atoms with Gasteiger partial charge in [-0.25, -0.2) is 0 Å². The number of benzene rings is 1. The first kappa shape index (κ1) is 18.6. The standard InChI is InChI=1S/C19H20ClN3O2S/c1-3-11-23(12-16-9-10-17(20)26-16)13-18-21-19(22-25-18)14-5-7-15(8-6-14)24-4-2/h3,5-10H,1,4,11-13H2,2H3. The van der Waals surface area contributed by atoms with Crippen molar-refractivity contribution in [2.24, 2.45) is 0 Å². The predicted molar refractivity (Wildman–Crippen MR) is 105 cm³/mol. The lowest BCUT2D eigenvalue weighted by molar-refractivity contribution is 0.241. The van der Waals surface area contributed by atoms with Crippen molar-refractivity contribution in [1.82, 2.24) is 15.0 Å². The molecule has 2 heterocycles. The molecule has 0 radical (unpaired) electrons. The Balaban J connectivity index is 1.68. The molecule has 0 atom stereocenters. The minimum absolute atomic E-state index is 0.547. The Morgan fingerprint density at radius 1 is 1.23 bits per heavy atom. The molecule has 0 unspecified atom stereocenters. The number of halogens is 1. The summed E-state index contributed by atoms with van der Waals surface area (Å²) in [4.78, 5) is 7.86. The SMILES string of the molecule is C=CCN(Cc1nc(-c2ccc(OCC)cc2)no1)Cc1ccc(Cl)s1. The minimum Gasteiger partial charge on any atom is -0.494 e. The first-order valence-corrected chi connectivity index (χ1v) is 9.50. The molecule has 0 aliphatic carbocycles. The second-order valence-corrected chi connectivity index (χ2v) is 7.43. The van der Waals surface area contributed by atoms with Crippen molar-refractivity contribution in [2.45, 2.75) is 20.0 Å². The van der Waals surface area contributed by atoms with E-state index in [4.69, 9.17) is 20.9 Å². The molecular formula is C19H20ClN3O2S. The highest BCUT2D eigenvalue weighted by molar-refractivity contribution is 7.16. The highest BCUT2D eigenvalue weighted by atomic mass is 35.5. The van der Waals surface area contributed by atoms with Gasteiger partial charge in [-0.2, -0.15) is 4.98 Å². The van der Waals surface area contributed by atoms with Crippen LogP contribution in [0.1, 0.15) is 17.7 Å². The monoisotopic (exact) mass is 389 g/mol. The van der Waals surface area contributed by atoms with Gasteiger partial charge in [-0.15, -0.1) is 17.9 Å². The maximum absolute atomic E-state index is 6.01. The number of ether oxygens (including phenoxy) is 1. The summed E-state index contributed by atoms with van der Waals surface area (Å²) in [5.41, 5.74) is 0.892. The van der Waals surface area contributed by atoms with E-state index in [0.29, 0.717) is 24.9 Å². The fraction of sp³-hybridized carbons (Fsp3) is 0.263. The van der Waals surface area contributed by atoms with Crippen LogP contribution < -0.4 is 4.74 Å². The summed E-state index contributed by atoms with van der Waals surface area (Å²) in [6.45, 7) is 8.44. The van der Waals surface area contributed by atoms with E-state index < -0.39 is 0 Å². The molecule has 2 aromatic heterocycles. The van der Waals surface area contributed by atoms with E-state index in [1.54, 1.807) is 11.3 Å². The topological polar surface area (TPSA) is 51.4 Å². The number of thiophene rings is 1. The lowest BCUT2D eigenvalue weighted by Gasteiger charge is -2.17. The van der Waals surface area contributed by atoms with E-state index in [9.17, 15) is 0 Å². The molecule has 0 bridgehead atoms. The average molecular weight is 390 g/mol. The van der Waals surface area contributed by atoms with Crippen LogP contribution >= 0.6 is 22.9 Å². The van der Waals surface area contributed by atoms with Crippen LogP contribution in [-0.4, -0.2) is 28.2 Å². The second kappa shape index (κ2) is 8.98. The molecule has 0 aliphatic rings. The zero-order valence-corrected chi connectivity index (χ0v) is 16.1. The average Bonchev–Trinajstić information content (AvgIpc) is 3.25. The summed E-state index contributed by atoms with van der Waals surface area (Å²) >= 11 is 7.58. The van der Waals surface area contributed by atoms with Crippen LogP contribution in [0.2, 0.25) is 4.34 Å². The van der Waals surface area contributed by atoms with Crippen molar-refractivity contribution in [1.29, 1.82) is 0 Å². The summed E-state index contributed by atoms with van der Waals surface area (Å²) in [7, 11) is 0. The quantitative estimate of drug-likeness (QED) is 0.480. The summed E-state index contributed by atoms with van der Waals surface area (Å²) in [5, 5.41) is 4.09. The third-order valence-electron chi connectivity index (χ3n) is 3.65. The van der Waals surface area contributed by atoms with E-state index in [-0.39, 0.29) is 0 Å². The highest BCUT2D eigenvalue weighted by Gasteiger charge is 2.14. The summed E-state index contributed by atoms with van der Waals surface area (Å²) in [5.74, 6) is 1.96. The minimum atomic E-state index is 0.547. The Morgan fingerprint density at radius 3 is 2.69 bits per heavy atom. The van der Waals surface area contributed by atoms with E-state index in [2.05, 4.69) is 21.6 Å². The largest absolute Gasteiger partial charge is 0.494 e. The Hall–Kier alpha value is -2.15. The van der Waals surface area contributed by atoms with Gasteiger partial charge in [-0.1, -0.05) is 22.8 Å². The molecule has 136 valence electrons. The van der Waals surface area contributed by atoms with Crippen LogP contribution in [-0.2, 0) is 13.1 Å². The van der Waals surface area contributed by atoms with Gasteiger partial charge in [-0.05, 0) is 43.3 Å². The smallest absolute Gasteiger partial charge is 0.241 e. The molecule has 0 N–H and O–H groups in total. The maximum atomic E-state index is 6.01. The van der Waals surface area contributed by atoms with Gasteiger partial charge in [0, 0.05) is 23.5 Å². The second-order valence-electron chi connectivity index (χ2n) is 5.63. The Kier molecular flexibility index (Phi) is 6.44. The number of nitrogens with zero attached hydrogens (tertiary/aromatic N) is 3. The number of aromatic nitrogens is 2. The highest BCUT2D eigenvalue weighted by Crippen LogP contribution is 2.24. The molecule has 3 rings (SSSR count). The van der Waals surface area contributed by atoms with E-state index >= 15 is 0 Å². The molecule has 5 nitrogen and oxygen atoms in total. The molecule has 0 aliphatic heterocycles. The number of hydrogen-bond donors (Lipinski definition) is 0. The Labute approximate surface area is 161 Å². The first-order valence-electron chi connectivity index (χ1n) is 8.31. The zero-order chi connectivity index (χ0) is 18.4. The summed E-state index contributed by atoms with van der Waals surface area (Å²) < 4.78 is 11.7. The molecule has 3 aromatic rings. The zero-order valence-electron chi connectivity index (χ0n) is 14.5. The summed E-state index contributed by atoms with van der Waals surface area (Å²) in [6.07, 6.45) is 1.86. The molecule has 0 fully saturated rings. The lowest BCUT2D eigenvalue weighted by atomic mass is 10.2. The number of rotatable bonds is 9. The predicted octanol–water partition coefficient (Wildman–Crippen LogP) is 5.04. The molecule has 1 aromatic carbocycles. The van der Waals surface area contributed by atoms with Crippen LogP contribution in [0.5, 0.6) is 5.75 Å². The molecule has 0 spiro atoms. The van der Waals surface area contributed by atoms with Gasteiger partial charge >= 0.3 is 0 Å². The third kappa shape index (κ3) is 4.94. The first-order chi connectivity index (χ1) is 12.7. The van der Waals surface area contributed by atoms with Gasteiger partial charge < -0.3 is 9.26 Å². The molecule has 7 heteroatoms. The fourth-order valence-electron chi connectivity index (χ4n) is 2.52.